The van der Waals surface area contributed by atoms with Crippen molar-refractivity contribution in [2.75, 3.05) is 6.61 Å². The van der Waals surface area contributed by atoms with E-state index in [1.165, 1.54) is 16.7 Å². The smallest absolute Gasteiger partial charge is 0.251 e. The number of nitrogens with zero attached hydrogens (tertiary/aromatic N) is 3. The number of carbonyl (C=O) groups excluding carboxylic acids is 1. The van der Waals surface area contributed by atoms with Crippen LogP contribution in [-0.4, -0.2) is 27.3 Å². The molecule has 0 radical (unpaired) electrons. The molecule has 1 amide bonds. The second-order valence-corrected chi connectivity index (χ2v) is 10.1. The zero-order chi connectivity index (χ0) is 26.2. The maximum absolute atomic E-state index is 13.0. The molecule has 6 nitrogen and oxygen atoms in total. The van der Waals surface area contributed by atoms with E-state index in [2.05, 4.69) is 78.7 Å². The molecule has 1 N–H and O–H groups in total. The molecular formula is C30H34N4O2S. The van der Waals surface area contributed by atoms with E-state index in [0.717, 1.165) is 35.2 Å². The summed E-state index contributed by atoms with van der Waals surface area (Å²) in [6.45, 7) is 8.92. The molecule has 1 atom stereocenters. The molecule has 4 aromatic rings. The van der Waals surface area contributed by atoms with Gasteiger partial charge < -0.3 is 10.1 Å². The molecule has 0 bridgehead atoms. The van der Waals surface area contributed by atoms with Crippen LogP contribution in [-0.2, 0) is 5.75 Å². The Morgan fingerprint density at radius 3 is 2.43 bits per heavy atom. The lowest BCUT2D eigenvalue weighted by atomic mass is 10.1. The predicted molar refractivity (Wildman–Crippen MR) is 150 cm³/mol. The molecule has 0 aliphatic carbocycles. The Labute approximate surface area is 223 Å². The molecule has 7 heteroatoms. The highest BCUT2D eigenvalue weighted by Gasteiger charge is 2.22. The van der Waals surface area contributed by atoms with E-state index in [1.807, 2.05) is 29.7 Å². The van der Waals surface area contributed by atoms with Crippen LogP contribution in [0.4, 0.5) is 0 Å². The van der Waals surface area contributed by atoms with Crippen LogP contribution in [0.5, 0.6) is 5.75 Å². The molecule has 1 heterocycles. The van der Waals surface area contributed by atoms with E-state index in [1.54, 1.807) is 23.9 Å². The van der Waals surface area contributed by atoms with Crippen LogP contribution in [0.1, 0.15) is 65.6 Å². The fourth-order valence-corrected chi connectivity index (χ4v) is 4.92. The molecule has 4 rings (SSSR count). The maximum Gasteiger partial charge on any atom is 0.251 e. The van der Waals surface area contributed by atoms with Crippen LogP contribution in [0.3, 0.4) is 0 Å². The minimum Gasteiger partial charge on any atom is -0.494 e. The standard InChI is InChI=1S/C30H34N4O2S/c1-5-6-19-36-27-17-13-24(14-18-27)29(35)31-23(4)28-32-33-30(34(28)26-15-11-21(2)12-16-26)37-20-25-10-8-7-9-22(25)3/h7-18,23H,5-6,19-20H2,1-4H3,(H,31,35). The van der Waals surface area contributed by atoms with Gasteiger partial charge in [-0.15, -0.1) is 10.2 Å². The van der Waals surface area contributed by atoms with Crippen molar-refractivity contribution < 1.29 is 9.53 Å². The number of aryl methyl sites for hydroxylation is 2. The lowest BCUT2D eigenvalue weighted by molar-refractivity contribution is 0.0938. The van der Waals surface area contributed by atoms with Gasteiger partial charge >= 0.3 is 0 Å². The Kier molecular flexibility index (Phi) is 9.01. The van der Waals surface area contributed by atoms with Gasteiger partial charge in [0.25, 0.3) is 5.91 Å². The average Bonchev–Trinajstić information content (AvgIpc) is 3.33. The van der Waals surface area contributed by atoms with E-state index in [9.17, 15) is 4.79 Å². The monoisotopic (exact) mass is 514 g/mol. The summed E-state index contributed by atoms with van der Waals surface area (Å²) in [6.07, 6.45) is 2.09. The van der Waals surface area contributed by atoms with E-state index >= 15 is 0 Å². The number of aromatic nitrogens is 3. The van der Waals surface area contributed by atoms with Gasteiger partial charge in [0.2, 0.25) is 0 Å². The Balaban J connectivity index is 1.53. The van der Waals surface area contributed by atoms with Gasteiger partial charge in [-0.05, 0) is 74.7 Å². The normalized spacial score (nSPS) is 11.8. The van der Waals surface area contributed by atoms with Gasteiger partial charge in [-0.1, -0.05) is 67.1 Å². The summed E-state index contributed by atoms with van der Waals surface area (Å²) in [4.78, 5) is 13.0. The first kappa shape index (κ1) is 26.5. The van der Waals surface area contributed by atoms with E-state index in [-0.39, 0.29) is 11.9 Å². The number of ether oxygens (including phenoxy) is 1. The number of carbonyl (C=O) groups is 1. The number of hydrogen-bond acceptors (Lipinski definition) is 5. The van der Waals surface area contributed by atoms with Crippen molar-refractivity contribution in [3.8, 4) is 11.4 Å². The fourth-order valence-electron chi connectivity index (χ4n) is 3.89. The molecule has 0 aliphatic rings. The second-order valence-electron chi connectivity index (χ2n) is 9.15. The number of amides is 1. The maximum atomic E-state index is 13.0. The van der Waals surface area contributed by atoms with Crippen molar-refractivity contribution >= 4 is 17.7 Å². The van der Waals surface area contributed by atoms with Crippen molar-refractivity contribution in [2.24, 2.45) is 0 Å². The van der Waals surface area contributed by atoms with Crippen molar-refractivity contribution in [1.29, 1.82) is 0 Å². The number of hydrogen-bond donors (Lipinski definition) is 1. The van der Waals surface area contributed by atoms with E-state index < -0.39 is 0 Å². The Hall–Kier alpha value is -3.58. The molecule has 0 fully saturated rings. The first-order chi connectivity index (χ1) is 18.0. The van der Waals surface area contributed by atoms with Crippen LogP contribution in [0.15, 0.2) is 78.0 Å². The summed E-state index contributed by atoms with van der Waals surface area (Å²) < 4.78 is 7.75. The summed E-state index contributed by atoms with van der Waals surface area (Å²) >= 11 is 1.64. The minimum atomic E-state index is -0.352. The average molecular weight is 515 g/mol. The highest BCUT2D eigenvalue weighted by atomic mass is 32.2. The van der Waals surface area contributed by atoms with Gasteiger partial charge in [-0.3, -0.25) is 9.36 Å². The van der Waals surface area contributed by atoms with Crippen molar-refractivity contribution in [3.05, 3.63) is 101 Å². The van der Waals surface area contributed by atoms with Gasteiger partial charge in [0, 0.05) is 17.0 Å². The highest BCUT2D eigenvalue weighted by Crippen LogP contribution is 2.28. The predicted octanol–water partition coefficient (Wildman–Crippen LogP) is 6.85. The van der Waals surface area contributed by atoms with Gasteiger partial charge in [0.1, 0.15) is 5.75 Å². The molecule has 1 aromatic heterocycles. The first-order valence-electron chi connectivity index (χ1n) is 12.7. The van der Waals surface area contributed by atoms with Crippen LogP contribution in [0.25, 0.3) is 5.69 Å². The lowest BCUT2D eigenvalue weighted by Crippen LogP contribution is -2.28. The zero-order valence-electron chi connectivity index (χ0n) is 21.9. The van der Waals surface area contributed by atoms with E-state index in [0.29, 0.717) is 18.0 Å². The summed E-state index contributed by atoms with van der Waals surface area (Å²) in [7, 11) is 0. The van der Waals surface area contributed by atoms with Gasteiger partial charge in [0.15, 0.2) is 11.0 Å². The molecule has 0 saturated carbocycles. The lowest BCUT2D eigenvalue weighted by Gasteiger charge is -2.17. The first-order valence-corrected chi connectivity index (χ1v) is 13.7. The Morgan fingerprint density at radius 1 is 1.00 bits per heavy atom. The van der Waals surface area contributed by atoms with Gasteiger partial charge in [-0.25, -0.2) is 0 Å². The molecule has 0 aliphatic heterocycles. The number of benzene rings is 3. The summed E-state index contributed by atoms with van der Waals surface area (Å²) in [5.41, 5.74) is 5.23. The van der Waals surface area contributed by atoms with Crippen molar-refractivity contribution in [3.63, 3.8) is 0 Å². The summed E-state index contributed by atoms with van der Waals surface area (Å²) in [5.74, 6) is 2.07. The number of unbranched alkanes of at least 4 members (excludes halogenated alkanes) is 1. The molecule has 1 unspecified atom stereocenters. The van der Waals surface area contributed by atoms with Crippen LogP contribution in [0.2, 0.25) is 0 Å². The van der Waals surface area contributed by atoms with Crippen LogP contribution >= 0.6 is 11.8 Å². The molecule has 192 valence electrons. The SMILES string of the molecule is CCCCOc1ccc(C(=O)NC(C)c2nnc(SCc3ccccc3C)n2-c2ccc(C)cc2)cc1. The Morgan fingerprint density at radius 2 is 1.73 bits per heavy atom. The van der Waals surface area contributed by atoms with Crippen LogP contribution < -0.4 is 10.1 Å². The number of nitrogens with one attached hydrogen (secondary N) is 1. The third-order valence-electron chi connectivity index (χ3n) is 6.19. The van der Waals surface area contributed by atoms with Crippen LogP contribution in [0, 0.1) is 13.8 Å². The largest absolute Gasteiger partial charge is 0.494 e. The zero-order valence-corrected chi connectivity index (χ0v) is 22.7. The molecular weight excluding hydrogens is 480 g/mol. The summed E-state index contributed by atoms with van der Waals surface area (Å²) in [6, 6.07) is 23.5. The quantitative estimate of drug-likeness (QED) is 0.175. The van der Waals surface area contributed by atoms with Crippen molar-refractivity contribution in [2.45, 2.75) is 57.5 Å². The minimum absolute atomic E-state index is 0.167. The fraction of sp³-hybridized carbons (Fsp3) is 0.300. The third kappa shape index (κ3) is 6.80. The number of rotatable bonds is 11. The molecule has 0 spiro atoms. The topological polar surface area (TPSA) is 69.0 Å². The van der Waals surface area contributed by atoms with Crippen molar-refractivity contribution in [1.82, 2.24) is 20.1 Å². The third-order valence-corrected chi connectivity index (χ3v) is 7.16. The van der Waals surface area contributed by atoms with Gasteiger partial charge in [-0.2, -0.15) is 0 Å². The summed E-state index contributed by atoms with van der Waals surface area (Å²) in [5, 5.41) is 12.9. The molecule has 3 aromatic carbocycles. The molecule has 37 heavy (non-hydrogen) atoms. The molecule has 0 saturated heterocycles. The number of thioether (sulfide) groups is 1. The second kappa shape index (κ2) is 12.6. The van der Waals surface area contributed by atoms with Gasteiger partial charge in [0.05, 0.1) is 12.6 Å². The van der Waals surface area contributed by atoms with E-state index in [4.69, 9.17) is 4.74 Å². The Bertz CT molecular complexity index is 1320. The highest BCUT2D eigenvalue weighted by molar-refractivity contribution is 7.98.